The van der Waals surface area contributed by atoms with E-state index in [0.29, 0.717) is 41.6 Å². The summed E-state index contributed by atoms with van der Waals surface area (Å²) in [5, 5.41) is 0.390. The van der Waals surface area contributed by atoms with E-state index in [-0.39, 0.29) is 17.7 Å². The van der Waals surface area contributed by atoms with E-state index in [1.807, 2.05) is 0 Å². The zero-order chi connectivity index (χ0) is 15.6. The summed E-state index contributed by atoms with van der Waals surface area (Å²) in [6, 6.07) is -0.0911. The number of rotatable bonds is 4. The molecule has 2 rings (SSSR count). The van der Waals surface area contributed by atoms with Crippen LogP contribution in [0.2, 0.25) is 0 Å². The summed E-state index contributed by atoms with van der Waals surface area (Å²) in [4.78, 5) is 18.7. The highest BCUT2D eigenvalue weighted by Gasteiger charge is 2.27. The van der Waals surface area contributed by atoms with E-state index in [1.165, 1.54) is 11.3 Å². The molecule has 0 saturated carbocycles. The molecule has 3 N–H and O–H groups in total. The molecular weight excluding hydrogens is 312 g/mol. The molecule has 2 heterocycles. The van der Waals surface area contributed by atoms with Crippen LogP contribution in [0, 0.1) is 6.92 Å². The Morgan fingerprint density at radius 3 is 2.57 bits per heavy atom. The molecule has 1 aliphatic heterocycles. The van der Waals surface area contributed by atoms with Crippen LogP contribution >= 0.6 is 11.3 Å². The standard InChI is InChI=1S/C12H20N4O3S2/c1-3-21(18,19)15-9-4-6-16(7-5-9)11(17)10-8(2)14-12(13)20-10/h9,15H,3-7H2,1-2H3,(H2,13,14). The lowest BCUT2D eigenvalue weighted by Crippen LogP contribution is -2.46. The van der Waals surface area contributed by atoms with Crippen LogP contribution in [0.3, 0.4) is 0 Å². The predicted molar refractivity (Wildman–Crippen MR) is 82.8 cm³/mol. The van der Waals surface area contributed by atoms with Crippen molar-refractivity contribution in [2.24, 2.45) is 0 Å². The van der Waals surface area contributed by atoms with E-state index in [0.717, 1.165) is 0 Å². The van der Waals surface area contributed by atoms with Crippen LogP contribution in [0.25, 0.3) is 0 Å². The molecule has 0 bridgehead atoms. The van der Waals surface area contributed by atoms with Crippen LogP contribution in [0.15, 0.2) is 0 Å². The van der Waals surface area contributed by atoms with Gasteiger partial charge in [0.15, 0.2) is 5.13 Å². The Labute approximate surface area is 128 Å². The molecule has 0 unspecified atom stereocenters. The number of hydrogen-bond donors (Lipinski definition) is 2. The molecule has 9 heteroatoms. The Morgan fingerprint density at radius 2 is 2.10 bits per heavy atom. The number of aromatic nitrogens is 1. The largest absolute Gasteiger partial charge is 0.375 e. The lowest BCUT2D eigenvalue weighted by Gasteiger charge is -2.32. The topological polar surface area (TPSA) is 105 Å². The van der Waals surface area contributed by atoms with Gasteiger partial charge >= 0.3 is 0 Å². The highest BCUT2D eigenvalue weighted by atomic mass is 32.2. The van der Waals surface area contributed by atoms with E-state index in [9.17, 15) is 13.2 Å². The minimum Gasteiger partial charge on any atom is -0.375 e. The summed E-state index contributed by atoms with van der Waals surface area (Å²) in [6.07, 6.45) is 1.25. The Hall–Kier alpha value is -1.19. The molecule has 1 aliphatic rings. The number of nitrogen functional groups attached to an aromatic ring is 1. The number of thiazole rings is 1. The van der Waals surface area contributed by atoms with E-state index in [2.05, 4.69) is 9.71 Å². The van der Waals surface area contributed by atoms with Gasteiger partial charge in [-0.05, 0) is 26.7 Å². The smallest absolute Gasteiger partial charge is 0.265 e. The maximum Gasteiger partial charge on any atom is 0.265 e. The van der Waals surface area contributed by atoms with Crippen molar-refractivity contribution in [2.45, 2.75) is 32.7 Å². The third-order valence-corrected chi connectivity index (χ3v) is 5.94. The highest BCUT2D eigenvalue weighted by molar-refractivity contribution is 7.89. The van der Waals surface area contributed by atoms with Gasteiger partial charge in [0.2, 0.25) is 10.0 Å². The second-order valence-corrected chi connectivity index (χ2v) is 8.13. The summed E-state index contributed by atoms with van der Waals surface area (Å²) in [6.45, 7) is 4.44. The first-order chi connectivity index (χ1) is 9.82. The van der Waals surface area contributed by atoms with Crippen molar-refractivity contribution >= 4 is 32.4 Å². The molecular formula is C12H20N4O3S2. The molecule has 0 aliphatic carbocycles. The summed E-state index contributed by atoms with van der Waals surface area (Å²) >= 11 is 1.19. The fourth-order valence-corrected chi connectivity index (χ4v) is 4.01. The van der Waals surface area contributed by atoms with Gasteiger partial charge in [-0.25, -0.2) is 18.1 Å². The molecule has 1 fully saturated rings. The van der Waals surface area contributed by atoms with Crippen molar-refractivity contribution in [2.75, 3.05) is 24.6 Å². The van der Waals surface area contributed by atoms with Crippen molar-refractivity contribution in [3.05, 3.63) is 10.6 Å². The number of hydrogen-bond acceptors (Lipinski definition) is 6. The van der Waals surface area contributed by atoms with Crippen LogP contribution < -0.4 is 10.5 Å². The van der Waals surface area contributed by atoms with Crippen LogP contribution in [-0.2, 0) is 10.0 Å². The highest BCUT2D eigenvalue weighted by Crippen LogP contribution is 2.23. The molecule has 0 radical (unpaired) electrons. The number of piperidine rings is 1. The zero-order valence-corrected chi connectivity index (χ0v) is 13.8. The van der Waals surface area contributed by atoms with Gasteiger partial charge in [-0.2, -0.15) is 0 Å². The number of nitrogens with two attached hydrogens (primary N) is 1. The van der Waals surface area contributed by atoms with E-state index in [4.69, 9.17) is 5.73 Å². The van der Waals surface area contributed by atoms with Crippen molar-refractivity contribution in [3.8, 4) is 0 Å². The van der Waals surface area contributed by atoms with Crippen LogP contribution in [0.1, 0.15) is 35.1 Å². The van der Waals surface area contributed by atoms with E-state index in [1.54, 1.807) is 18.7 Å². The lowest BCUT2D eigenvalue weighted by molar-refractivity contribution is 0.0715. The summed E-state index contributed by atoms with van der Waals surface area (Å²) < 4.78 is 25.7. The minimum absolute atomic E-state index is 0.0708. The molecule has 0 spiro atoms. The summed E-state index contributed by atoms with van der Waals surface area (Å²) in [7, 11) is -3.19. The van der Waals surface area contributed by atoms with Crippen LogP contribution in [-0.4, -0.2) is 49.1 Å². The Kier molecular flexibility index (Phi) is 4.84. The predicted octanol–water partition coefficient (Wildman–Crippen LogP) is 0.578. The quantitative estimate of drug-likeness (QED) is 0.839. The molecule has 1 aromatic heterocycles. The second kappa shape index (κ2) is 6.29. The number of likely N-dealkylation sites (tertiary alicyclic amines) is 1. The van der Waals surface area contributed by atoms with Crippen molar-refractivity contribution in [1.29, 1.82) is 0 Å². The maximum atomic E-state index is 12.4. The SMILES string of the molecule is CCS(=O)(=O)NC1CCN(C(=O)c2sc(N)nc2C)CC1. The summed E-state index contributed by atoms with van der Waals surface area (Å²) in [5.74, 6) is 0.00405. The fourth-order valence-electron chi connectivity index (χ4n) is 2.30. The fraction of sp³-hybridized carbons (Fsp3) is 0.667. The number of amides is 1. The average molecular weight is 332 g/mol. The number of aryl methyl sites for hydroxylation is 1. The Balaban J connectivity index is 1.95. The summed E-state index contributed by atoms with van der Waals surface area (Å²) in [5.41, 5.74) is 6.26. The van der Waals surface area contributed by atoms with Crippen LogP contribution in [0.5, 0.6) is 0 Å². The normalized spacial score (nSPS) is 17.1. The minimum atomic E-state index is -3.19. The van der Waals surface area contributed by atoms with Gasteiger partial charge in [0.05, 0.1) is 11.4 Å². The maximum absolute atomic E-state index is 12.4. The third-order valence-electron chi connectivity index (χ3n) is 3.52. The third kappa shape index (κ3) is 3.92. The van der Waals surface area contributed by atoms with Gasteiger partial charge < -0.3 is 10.6 Å². The van der Waals surface area contributed by atoms with Crippen LogP contribution in [0.4, 0.5) is 5.13 Å². The first-order valence-corrected chi connectivity index (χ1v) is 9.31. The number of carbonyl (C=O) groups excluding carboxylic acids is 1. The monoisotopic (exact) mass is 332 g/mol. The Bertz CT molecular complexity index is 618. The van der Waals surface area contributed by atoms with E-state index < -0.39 is 10.0 Å². The van der Waals surface area contributed by atoms with E-state index >= 15 is 0 Å². The van der Waals surface area contributed by atoms with Gasteiger partial charge in [-0.15, -0.1) is 0 Å². The number of nitrogens with one attached hydrogen (secondary N) is 1. The first kappa shape index (κ1) is 16.2. The second-order valence-electron chi connectivity index (χ2n) is 5.05. The van der Waals surface area contributed by atoms with Crippen molar-refractivity contribution in [1.82, 2.24) is 14.6 Å². The molecule has 1 saturated heterocycles. The van der Waals surface area contributed by atoms with Gasteiger partial charge in [-0.3, -0.25) is 4.79 Å². The lowest BCUT2D eigenvalue weighted by atomic mass is 10.1. The van der Waals surface area contributed by atoms with Gasteiger partial charge in [0.25, 0.3) is 5.91 Å². The molecule has 118 valence electrons. The molecule has 7 nitrogen and oxygen atoms in total. The molecule has 0 aromatic carbocycles. The number of nitrogens with zero attached hydrogens (tertiary/aromatic N) is 2. The number of carbonyl (C=O) groups is 1. The Morgan fingerprint density at radius 1 is 1.48 bits per heavy atom. The van der Waals surface area contributed by atoms with Gasteiger partial charge in [-0.1, -0.05) is 11.3 Å². The van der Waals surface area contributed by atoms with Crippen molar-refractivity contribution in [3.63, 3.8) is 0 Å². The zero-order valence-electron chi connectivity index (χ0n) is 12.1. The average Bonchev–Trinajstić information content (AvgIpc) is 2.77. The molecule has 21 heavy (non-hydrogen) atoms. The van der Waals surface area contributed by atoms with Gasteiger partial charge in [0, 0.05) is 19.1 Å². The number of anilines is 1. The molecule has 1 amide bonds. The van der Waals surface area contributed by atoms with Gasteiger partial charge in [0.1, 0.15) is 4.88 Å². The first-order valence-electron chi connectivity index (χ1n) is 6.84. The molecule has 0 atom stereocenters. The van der Waals surface area contributed by atoms with Crippen molar-refractivity contribution < 1.29 is 13.2 Å². The molecule has 1 aromatic rings. The number of sulfonamides is 1.